The zero-order valence-corrected chi connectivity index (χ0v) is 14.8. The van der Waals surface area contributed by atoms with E-state index in [2.05, 4.69) is 28.6 Å². The van der Waals surface area contributed by atoms with Gasteiger partial charge < -0.3 is 10.4 Å². The molecule has 2 heterocycles. The largest absolute Gasteiger partial charge is 0.395 e. The highest BCUT2D eigenvalue weighted by molar-refractivity contribution is 7.10. The molecule has 2 fully saturated rings. The Morgan fingerprint density at radius 2 is 2.35 bits per heavy atom. The molecule has 0 aromatic carbocycles. The maximum absolute atomic E-state index is 12.2. The van der Waals surface area contributed by atoms with E-state index in [0.29, 0.717) is 12.0 Å². The lowest BCUT2D eigenvalue weighted by Gasteiger charge is -2.22. The molecule has 1 aromatic rings. The molecule has 3 atom stereocenters. The molecule has 0 radical (unpaired) electrons. The molecule has 1 saturated heterocycles. The van der Waals surface area contributed by atoms with Crippen LogP contribution in [-0.4, -0.2) is 48.2 Å². The summed E-state index contributed by atoms with van der Waals surface area (Å²) in [5, 5.41) is 14.5. The average molecular weight is 337 g/mol. The molecular weight excluding hydrogens is 308 g/mol. The van der Waals surface area contributed by atoms with E-state index in [1.165, 1.54) is 16.9 Å². The molecule has 0 bridgehead atoms. The van der Waals surface area contributed by atoms with Crippen LogP contribution < -0.4 is 5.32 Å². The molecule has 0 spiro atoms. The first-order valence-electron chi connectivity index (χ1n) is 8.87. The number of hydrogen-bond donors (Lipinski definition) is 2. The number of thiophene rings is 1. The first kappa shape index (κ1) is 16.9. The quantitative estimate of drug-likeness (QED) is 0.717. The lowest BCUT2D eigenvalue weighted by molar-refractivity contribution is -0.122. The Hall–Kier alpha value is -0.910. The molecule has 1 amide bonds. The fourth-order valence-electron chi connectivity index (χ4n) is 3.72. The topological polar surface area (TPSA) is 52.6 Å². The normalized spacial score (nSPS) is 27.3. The van der Waals surface area contributed by atoms with Crippen molar-refractivity contribution in [1.82, 2.24) is 10.2 Å². The Bertz CT molecular complexity index is 531. The summed E-state index contributed by atoms with van der Waals surface area (Å²) in [6.07, 6.45) is 5.45. The van der Waals surface area contributed by atoms with Crippen molar-refractivity contribution in [3.8, 4) is 0 Å². The van der Waals surface area contributed by atoms with E-state index >= 15 is 0 Å². The molecule has 1 saturated carbocycles. The summed E-state index contributed by atoms with van der Waals surface area (Å²) in [5.74, 6) is 0.895. The highest BCUT2D eigenvalue weighted by atomic mass is 32.1. The van der Waals surface area contributed by atoms with Gasteiger partial charge in [0.25, 0.3) is 0 Å². The van der Waals surface area contributed by atoms with Gasteiger partial charge in [0.1, 0.15) is 0 Å². The molecule has 1 aromatic heterocycles. The second kappa shape index (κ2) is 7.77. The van der Waals surface area contributed by atoms with Gasteiger partial charge in [-0.1, -0.05) is 0 Å². The Labute approximate surface area is 142 Å². The van der Waals surface area contributed by atoms with E-state index in [1.54, 1.807) is 11.3 Å². The zero-order valence-electron chi connectivity index (χ0n) is 14.0. The van der Waals surface area contributed by atoms with Crippen LogP contribution in [0.3, 0.4) is 0 Å². The van der Waals surface area contributed by atoms with Crippen LogP contribution >= 0.6 is 11.3 Å². The number of nitrogens with one attached hydrogen (secondary N) is 1. The highest BCUT2D eigenvalue weighted by Crippen LogP contribution is 2.50. The number of unbranched alkanes of at least 4 members (excludes halogenated alkanes) is 1. The second-order valence-electron chi connectivity index (χ2n) is 6.93. The molecular formula is C18H28N2O2S. The molecule has 4 nitrogen and oxygen atoms in total. The van der Waals surface area contributed by atoms with Crippen molar-refractivity contribution >= 4 is 17.2 Å². The van der Waals surface area contributed by atoms with Crippen LogP contribution in [0.4, 0.5) is 0 Å². The van der Waals surface area contributed by atoms with Gasteiger partial charge in [-0.15, -0.1) is 11.3 Å². The van der Waals surface area contributed by atoms with Crippen molar-refractivity contribution in [2.75, 3.05) is 26.2 Å². The van der Waals surface area contributed by atoms with E-state index in [4.69, 9.17) is 0 Å². The molecule has 1 aliphatic carbocycles. The van der Waals surface area contributed by atoms with Gasteiger partial charge in [0.05, 0.1) is 6.61 Å². The number of carbonyl (C=O) groups is 1. The van der Waals surface area contributed by atoms with E-state index in [0.717, 1.165) is 45.3 Å². The van der Waals surface area contributed by atoms with Crippen LogP contribution in [0, 0.1) is 12.8 Å². The number of carbonyl (C=O) groups excluding carboxylic acids is 1. The second-order valence-corrected chi connectivity index (χ2v) is 7.88. The number of likely N-dealkylation sites (tertiary alicyclic amines) is 1. The van der Waals surface area contributed by atoms with Crippen LogP contribution in [0.5, 0.6) is 0 Å². The van der Waals surface area contributed by atoms with Crippen molar-refractivity contribution in [1.29, 1.82) is 0 Å². The van der Waals surface area contributed by atoms with E-state index in [9.17, 15) is 9.90 Å². The van der Waals surface area contributed by atoms with Crippen LogP contribution in [0.25, 0.3) is 0 Å². The Balaban J connectivity index is 1.30. The van der Waals surface area contributed by atoms with Crippen molar-refractivity contribution < 1.29 is 9.90 Å². The number of aliphatic hydroxyl groups is 1. The number of nitrogens with zero attached hydrogens (tertiary/aromatic N) is 1. The summed E-state index contributed by atoms with van der Waals surface area (Å²) in [5.41, 5.74) is 1.33. The third kappa shape index (κ3) is 4.14. The summed E-state index contributed by atoms with van der Waals surface area (Å²) in [6, 6.07) is 2.51. The number of rotatable bonds is 8. The number of aliphatic hydroxyl groups excluding tert-OH is 1. The van der Waals surface area contributed by atoms with E-state index in [1.807, 2.05) is 0 Å². The van der Waals surface area contributed by atoms with Gasteiger partial charge in [-0.25, -0.2) is 0 Å². The molecule has 3 rings (SSSR count). The molecule has 128 valence electrons. The number of aryl methyl sites for hydroxylation is 1. The predicted octanol–water partition coefficient (Wildman–Crippen LogP) is 2.51. The van der Waals surface area contributed by atoms with Gasteiger partial charge in [0.15, 0.2) is 0 Å². The standard InChI is InChI=1S/C18H28N2O2S/c1-13-6-10-23-17(13)15-11-16(15)18(22)19-7-2-3-8-20-9-4-5-14(20)12-21/h6,10,14-16,21H,2-5,7-9,11-12H2,1H3,(H,19,22). The van der Waals surface area contributed by atoms with Crippen molar-refractivity contribution in [2.24, 2.45) is 5.92 Å². The molecule has 1 aliphatic heterocycles. The summed E-state index contributed by atoms with van der Waals surface area (Å²) < 4.78 is 0. The van der Waals surface area contributed by atoms with Crippen molar-refractivity contribution in [3.63, 3.8) is 0 Å². The van der Waals surface area contributed by atoms with E-state index in [-0.39, 0.29) is 18.4 Å². The smallest absolute Gasteiger partial charge is 0.223 e. The summed E-state index contributed by atoms with van der Waals surface area (Å²) in [6.45, 7) is 5.35. The first-order chi connectivity index (χ1) is 11.2. The number of amides is 1. The van der Waals surface area contributed by atoms with Gasteiger partial charge in [-0.3, -0.25) is 9.69 Å². The monoisotopic (exact) mass is 336 g/mol. The van der Waals surface area contributed by atoms with Gasteiger partial charge in [-0.2, -0.15) is 0 Å². The van der Waals surface area contributed by atoms with E-state index < -0.39 is 0 Å². The van der Waals surface area contributed by atoms with Crippen LogP contribution in [0.1, 0.15) is 48.5 Å². The fraction of sp³-hybridized carbons (Fsp3) is 0.722. The Kier molecular flexibility index (Phi) is 5.72. The summed E-state index contributed by atoms with van der Waals surface area (Å²) in [7, 11) is 0. The third-order valence-electron chi connectivity index (χ3n) is 5.25. The molecule has 23 heavy (non-hydrogen) atoms. The lowest BCUT2D eigenvalue weighted by atomic mass is 10.2. The summed E-state index contributed by atoms with van der Waals surface area (Å²) in [4.78, 5) is 16.0. The predicted molar refractivity (Wildman–Crippen MR) is 93.8 cm³/mol. The minimum absolute atomic E-state index is 0.199. The minimum Gasteiger partial charge on any atom is -0.395 e. The molecule has 2 N–H and O–H groups in total. The maximum atomic E-state index is 12.2. The van der Waals surface area contributed by atoms with Crippen LogP contribution in [0.15, 0.2) is 11.4 Å². The van der Waals surface area contributed by atoms with Crippen LogP contribution in [0.2, 0.25) is 0 Å². The SMILES string of the molecule is Cc1ccsc1C1CC1C(=O)NCCCCN1CCCC1CO. The van der Waals surface area contributed by atoms with Gasteiger partial charge >= 0.3 is 0 Å². The van der Waals surface area contributed by atoms with Crippen molar-refractivity contribution in [3.05, 3.63) is 21.9 Å². The van der Waals surface area contributed by atoms with Crippen molar-refractivity contribution in [2.45, 2.75) is 51.0 Å². The number of hydrogen-bond acceptors (Lipinski definition) is 4. The Morgan fingerprint density at radius 3 is 3.09 bits per heavy atom. The van der Waals surface area contributed by atoms with Gasteiger partial charge in [0.2, 0.25) is 5.91 Å². The maximum Gasteiger partial charge on any atom is 0.223 e. The highest BCUT2D eigenvalue weighted by Gasteiger charge is 2.45. The fourth-order valence-corrected chi connectivity index (χ4v) is 4.83. The Morgan fingerprint density at radius 1 is 1.48 bits per heavy atom. The van der Waals surface area contributed by atoms with Gasteiger partial charge in [0, 0.05) is 29.3 Å². The minimum atomic E-state index is 0.199. The van der Waals surface area contributed by atoms with Crippen LogP contribution in [-0.2, 0) is 4.79 Å². The lowest BCUT2D eigenvalue weighted by Crippen LogP contribution is -2.33. The molecule has 2 aliphatic rings. The van der Waals surface area contributed by atoms with Gasteiger partial charge in [-0.05, 0) is 69.1 Å². The first-order valence-corrected chi connectivity index (χ1v) is 9.75. The summed E-state index contributed by atoms with van der Waals surface area (Å²) >= 11 is 1.78. The molecule has 5 heteroatoms. The third-order valence-corrected chi connectivity index (χ3v) is 6.40. The molecule has 3 unspecified atom stereocenters. The zero-order chi connectivity index (χ0) is 16.2. The average Bonchev–Trinajstić information content (AvgIpc) is 3.00.